The normalized spacial score (nSPS) is 24.1. The van der Waals surface area contributed by atoms with Crippen molar-refractivity contribution in [1.29, 1.82) is 0 Å². The van der Waals surface area contributed by atoms with Gasteiger partial charge < -0.3 is 5.11 Å². The van der Waals surface area contributed by atoms with E-state index in [0.717, 1.165) is 0 Å². The van der Waals surface area contributed by atoms with E-state index in [1.165, 1.54) is 18.2 Å². The van der Waals surface area contributed by atoms with E-state index in [1.807, 2.05) is 0 Å². The number of aliphatic hydroxyl groups excluding tert-OH is 1. The van der Waals surface area contributed by atoms with Gasteiger partial charge >= 0.3 is 0 Å². The molecule has 0 bridgehead atoms. The van der Waals surface area contributed by atoms with Gasteiger partial charge in [-0.3, -0.25) is 10.1 Å². The molecule has 0 radical (unpaired) electrons. The fraction of sp³-hybridized carbons (Fsp3) is 0.500. The molecule has 1 aliphatic carbocycles. The van der Waals surface area contributed by atoms with Crippen LogP contribution in [0.15, 0.2) is 29.1 Å². The molecule has 0 aromatic rings. The summed E-state index contributed by atoms with van der Waals surface area (Å²) in [7, 11) is 0. The first-order valence-corrected chi connectivity index (χ1v) is 4.34. The lowest BCUT2D eigenvalue weighted by molar-refractivity contribution is -0.555. The predicted molar refractivity (Wildman–Crippen MR) is 52.8 cm³/mol. The van der Waals surface area contributed by atoms with Gasteiger partial charge in [0.1, 0.15) is 5.76 Å². The van der Waals surface area contributed by atoms with Gasteiger partial charge in [-0.15, -0.1) is 0 Å². The Morgan fingerprint density at radius 2 is 2.53 bits per heavy atom. The van der Waals surface area contributed by atoms with E-state index < -0.39 is 10.5 Å². The Hall–Kier alpha value is -2.01. The Morgan fingerprint density at radius 3 is 3.00 bits per heavy atom. The first kappa shape index (κ1) is 11.1. The second-order valence-corrected chi connectivity index (χ2v) is 3.23. The largest absolute Gasteiger partial charge is 0.508 e. The van der Waals surface area contributed by atoms with Crippen molar-refractivity contribution in [2.45, 2.75) is 18.4 Å². The van der Waals surface area contributed by atoms with Crippen molar-refractivity contribution in [3.63, 3.8) is 0 Å². The molecule has 0 saturated carbocycles. The summed E-state index contributed by atoms with van der Waals surface area (Å²) in [5.74, 6) is 0.0243. The van der Waals surface area contributed by atoms with E-state index in [1.54, 1.807) is 0 Å². The lowest BCUT2D eigenvalue weighted by Crippen LogP contribution is -2.37. The zero-order chi connectivity index (χ0) is 11.3. The van der Waals surface area contributed by atoms with Crippen LogP contribution in [0.4, 0.5) is 0 Å². The SMILES string of the molecule is [N-]=[N+]=NCCC1([N+](=O)[O-])C=CC(O)=CC1. The van der Waals surface area contributed by atoms with Crippen LogP contribution in [-0.2, 0) is 0 Å². The smallest absolute Gasteiger partial charge is 0.244 e. The highest BCUT2D eigenvalue weighted by Crippen LogP contribution is 2.27. The highest BCUT2D eigenvalue weighted by Gasteiger charge is 2.39. The Labute approximate surface area is 85.5 Å². The molecule has 0 spiro atoms. The molecule has 80 valence electrons. The van der Waals surface area contributed by atoms with Crippen LogP contribution in [0, 0.1) is 10.1 Å². The maximum absolute atomic E-state index is 10.9. The number of hydrogen-bond acceptors (Lipinski definition) is 4. The summed E-state index contributed by atoms with van der Waals surface area (Å²) < 4.78 is 0. The minimum Gasteiger partial charge on any atom is -0.508 e. The van der Waals surface area contributed by atoms with Gasteiger partial charge in [0.25, 0.3) is 0 Å². The molecular weight excluding hydrogens is 200 g/mol. The topological polar surface area (TPSA) is 112 Å². The van der Waals surface area contributed by atoms with Gasteiger partial charge in [-0.05, 0) is 23.8 Å². The third kappa shape index (κ3) is 2.47. The Balaban J connectivity index is 2.78. The zero-order valence-corrected chi connectivity index (χ0v) is 7.91. The highest BCUT2D eigenvalue weighted by molar-refractivity contribution is 5.22. The monoisotopic (exact) mass is 210 g/mol. The summed E-state index contributed by atoms with van der Waals surface area (Å²) in [6.45, 7) is 0.0659. The summed E-state index contributed by atoms with van der Waals surface area (Å²) in [5.41, 5.74) is 6.83. The Bertz CT molecular complexity index is 370. The average Bonchev–Trinajstić information content (AvgIpc) is 2.21. The third-order valence-corrected chi connectivity index (χ3v) is 2.30. The van der Waals surface area contributed by atoms with Crippen LogP contribution in [0.25, 0.3) is 10.4 Å². The molecule has 1 unspecified atom stereocenters. The van der Waals surface area contributed by atoms with Crippen LogP contribution in [0.1, 0.15) is 12.8 Å². The van der Waals surface area contributed by atoms with Crippen molar-refractivity contribution in [2.75, 3.05) is 6.54 Å². The molecule has 0 saturated heterocycles. The molecule has 1 atom stereocenters. The van der Waals surface area contributed by atoms with Gasteiger partial charge in [-0.2, -0.15) is 0 Å². The van der Waals surface area contributed by atoms with E-state index in [9.17, 15) is 10.1 Å². The number of allylic oxidation sites excluding steroid dienone is 1. The zero-order valence-electron chi connectivity index (χ0n) is 7.91. The van der Waals surface area contributed by atoms with Gasteiger partial charge in [-0.25, -0.2) is 0 Å². The lowest BCUT2D eigenvalue weighted by Gasteiger charge is -2.22. The van der Waals surface area contributed by atoms with Crippen molar-refractivity contribution in [3.05, 3.63) is 44.5 Å². The molecule has 7 nitrogen and oxygen atoms in total. The first-order chi connectivity index (χ1) is 7.10. The molecule has 0 amide bonds. The molecule has 0 heterocycles. The second kappa shape index (κ2) is 4.47. The number of hydrogen-bond donors (Lipinski definition) is 1. The minimum atomic E-state index is -1.25. The molecule has 1 rings (SSSR count). The second-order valence-electron chi connectivity index (χ2n) is 3.23. The molecule has 0 aromatic heterocycles. The quantitative estimate of drug-likeness (QED) is 0.252. The van der Waals surface area contributed by atoms with Gasteiger partial charge in [0.15, 0.2) is 0 Å². The Morgan fingerprint density at radius 1 is 1.80 bits per heavy atom. The van der Waals surface area contributed by atoms with Crippen molar-refractivity contribution >= 4 is 0 Å². The molecule has 0 fully saturated rings. The average molecular weight is 210 g/mol. The molecule has 7 heteroatoms. The predicted octanol–water partition coefficient (Wildman–Crippen LogP) is 2.10. The number of nitro groups is 1. The van der Waals surface area contributed by atoms with E-state index in [2.05, 4.69) is 10.0 Å². The lowest BCUT2D eigenvalue weighted by atomic mass is 9.88. The van der Waals surface area contributed by atoms with E-state index in [-0.39, 0.29) is 25.1 Å². The summed E-state index contributed by atoms with van der Waals surface area (Å²) >= 11 is 0. The van der Waals surface area contributed by atoms with E-state index in [4.69, 9.17) is 10.6 Å². The van der Waals surface area contributed by atoms with Gasteiger partial charge in [-0.1, -0.05) is 5.11 Å². The molecule has 0 aliphatic heterocycles. The van der Waals surface area contributed by atoms with Gasteiger partial charge in [0.05, 0.1) is 0 Å². The van der Waals surface area contributed by atoms with Crippen molar-refractivity contribution < 1.29 is 10.0 Å². The van der Waals surface area contributed by atoms with E-state index in [0.29, 0.717) is 0 Å². The summed E-state index contributed by atoms with van der Waals surface area (Å²) in [5, 5.41) is 23.2. The maximum atomic E-state index is 10.9. The molecule has 1 N–H and O–H groups in total. The van der Waals surface area contributed by atoms with Crippen LogP contribution in [0.3, 0.4) is 0 Å². The number of azide groups is 1. The van der Waals surface area contributed by atoms with Crippen molar-refractivity contribution in [3.8, 4) is 0 Å². The third-order valence-electron chi connectivity index (χ3n) is 2.30. The highest BCUT2D eigenvalue weighted by atomic mass is 16.6. The number of nitrogens with zero attached hydrogens (tertiary/aromatic N) is 4. The van der Waals surface area contributed by atoms with Gasteiger partial charge in [0.2, 0.25) is 5.54 Å². The summed E-state index contributed by atoms with van der Waals surface area (Å²) in [4.78, 5) is 13.0. The summed E-state index contributed by atoms with van der Waals surface area (Å²) in [6, 6.07) is 0. The minimum absolute atomic E-state index is 0.0243. The van der Waals surface area contributed by atoms with Crippen molar-refractivity contribution in [1.82, 2.24) is 0 Å². The fourth-order valence-corrected chi connectivity index (χ4v) is 1.36. The number of rotatable bonds is 4. The fourth-order valence-electron chi connectivity index (χ4n) is 1.36. The van der Waals surface area contributed by atoms with Crippen molar-refractivity contribution in [2.24, 2.45) is 5.11 Å². The first-order valence-electron chi connectivity index (χ1n) is 4.34. The maximum Gasteiger partial charge on any atom is 0.244 e. The van der Waals surface area contributed by atoms with Crippen LogP contribution in [0.2, 0.25) is 0 Å². The molecule has 1 aliphatic rings. The van der Waals surface area contributed by atoms with Crippen LogP contribution < -0.4 is 0 Å². The standard InChI is InChI=1S/C8H10N4O3/c9-11-10-6-5-8(12(14)15)3-1-7(13)2-4-8/h1-3,13H,4-6H2. The summed E-state index contributed by atoms with van der Waals surface area (Å²) in [6.07, 6.45) is 4.27. The van der Waals surface area contributed by atoms with Crippen LogP contribution in [0.5, 0.6) is 0 Å². The van der Waals surface area contributed by atoms with Crippen LogP contribution in [-0.4, -0.2) is 22.1 Å². The molecule has 15 heavy (non-hydrogen) atoms. The Kier molecular flexibility index (Phi) is 3.30. The number of aliphatic hydroxyl groups is 1. The van der Waals surface area contributed by atoms with Gasteiger partial charge in [0, 0.05) is 29.2 Å². The molecule has 0 aromatic carbocycles. The molecular formula is C8H10N4O3. The van der Waals surface area contributed by atoms with E-state index >= 15 is 0 Å². The van der Waals surface area contributed by atoms with Crippen LogP contribution >= 0.6 is 0 Å².